The molecule has 0 saturated carbocycles. The first-order valence-corrected chi connectivity index (χ1v) is 7.04. The molecule has 1 unspecified atom stereocenters. The molecule has 0 spiro atoms. The fraction of sp³-hybridized carbons (Fsp3) is 0.333. The van der Waals surface area contributed by atoms with Gasteiger partial charge in [0, 0.05) is 23.8 Å². The lowest BCUT2D eigenvalue weighted by Crippen LogP contribution is -2.32. The van der Waals surface area contributed by atoms with E-state index in [2.05, 4.69) is 22.5 Å². The lowest BCUT2D eigenvalue weighted by Gasteiger charge is -2.13. The van der Waals surface area contributed by atoms with E-state index >= 15 is 0 Å². The van der Waals surface area contributed by atoms with Crippen molar-refractivity contribution in [3.63, 3.8) is 0 Å². The number of thiocarbonyl (C=S) groups is 1. The van der Waals surface area contributed by atoms with Crippen LogP contribution in [0.25, 0.3) is 0 Å². The van der Waals surface area contributed by atoms with E-state index < -0.39 is 0 Å². The van der Waals surface area contributed by atoms with Crippen LogP contribution in [0.5, 0.6) is 0 Å². The molecule has 20 heavy (non-hydrogen) atoms. The number of anilines is 1. The van der Waals surface area contributed by atoms with Crippen LogP contribution in [-0.4, -0.2) is 23.6 Å². The molecule has 0 aromatic heterocycles. The van der Waals surface area contributed by atoms with Crippen LogP contribution >= 0.6 is 12.2 Å². The Kier molecular flexibility index (Phi) is 6.73. The van der Waals surface area contributed by atoms with Gasteiger partial charge in [0.2, 0.25) is 0 Å². The molecule has 4 nitrogen and oxygen atoms in total. The summed E-state index contributed by atoms with van der Waals surface area (Å²) in [4.78, 5) is 12.0. The monoisotopic (exact) mass is 291 g/mol. The van der Waals surface area contributed by atoms with Crippen molar-refractivity contribution < 1.29 is 4.79 Å². The Morgan fingerprint density at radius 3 is 2.90 bits per heavy atom. The number of carbonyl (C=O) groups is 1. The van der Waals surface area contributed by atoms with Gasteiger partial charge in [0.1, 0.15) is 0 Å². The molecule has 0 aliphatic carbocycles. The Labute approximate surface area is 125 Å². The molecule has 1 aromatic rings. The number of benzene rings is 1. The molecule has 0 radical (unpaired) electrons. The zero-order valence-electron chi connectivity index (χ0n) is 11.9. The van der Waals surface area contributed by atoms with Crippen LogP contribution in [0, 0.1) is 0 Å². The van der Waals surface area contributed by atoms with Gasteiger partial charge in [-0.3, -0.25) is 4.79 Å². The van der Waals surface area contributed by atoms with Crippen LogP contribution in [0.1, 0.15) is 30.6 Å². The average molecular weight is 291 g/mol. The molecule has 0 heterocycles. The lowest BCUT2D eigenvalue weighted by molar-refractivity contribution is 0.0939. The van der Waals surface area contributed by atoms with Gasteiger partial charge in [0.15, 0.2) is 5.11 Å². The van der Waals surface area contributed by atoms with E-state index in [0.29, 0.717) is 17.2 Å². The second-order valence-corrected chi connectivity index (χ2v) is 4.90. The minimum Gasteiger partial charge on any atom is -0.359 e. The van der Waals surface area contributed by atoms with Crippen LogP contribution in [0.3, 0.4) is 0 Å². The summed E-state index contributed by atoms with van der Waals surface area (Å²) in [5.74, 6) is -0.0760. The molecule has 3 N–H and O–H groups in total. The summed E-state index contributed by atoms with van der Waals surface area (Å²) in [7, 11) is 0. The topological polar surface area (TPSA) is 53.2 Å². The SMILES string of the molecule is C=CCNC(=S)Nc1cccc(C(=O)NC(C)CC)c1. The molecule has 1 amide bonds. The van der Waals surface area contributed by atoms with Crippen LogP contribution in [0.4, 0.5) is 5.69 Å². The molecule has 0 aliphatic rings. The van der Waals surface area contributed by atoms with Crippen molar-refractivity contribution in [2.24, 2.45) is 0 Å². The van der Waals surface area contributed by atoms with Crippen LogP contribution in [-0.2, 0) is 0 Å². The number of hydrogen-bond donors (Lipinski definition) is 3. The van der Waals surface area contributed by atoms with Crippen molar-refractivity contribution in [1.82, 2.24) is 10.6 Å². The molecule has 1 atom stereocenters. The Balaban J connectivity index is 2.67. The van der Waals surface area contributed by atoms with Crippen molar-refractivity contribution in [2.45, 2.75) is 26.3 Å². The molecule has 5 heteroatoms. The number of hydrogen-bond acceptors (Lipinski definition) is 2. The Bertz CT molecular complexity index is 488. The number of amides is 1. The fourth-order valence-corrected chi connectivity index (χ4v) is 1.69. The first kappa shape index (κ1) is 16.2. The van der Waals surface area contributed by atoms with E-state index in [0.717, 1.165) is 12.1 Å². The van der Waals surface area contributed by atoms with E-state index in [-0.39, 0.29) is 11.9 Å². The quantitative estimate of drug-likeness (QED) is 0.557. The highest BCUT2D eigenvalue weighted by molar-refractivity contribution is 7.80. The highest BCUT2D eigenvalue weighted by Gasteiger charge is 2.09. The maximum absolute atomic E-state index is 12.0. The summed E-state index contributed by atoms with van der Waals surface area (Å²) in [6.07, 6.45) is 2.63. The van der Waals surface area contributed by atoms with Gasteiger partial charge in [-0.2, -0.15) is 0 Å². The summed E-state index contributed by atoms with van der Waals surface area (Å²) in [5.41, 5.74) is 1.39. The summed E-state index contributed by atoms with van der Waals surface area (Å²) in [6, 6.07) is 7.41. The van der Waals surface area contributed by atoms with E-state index in [1.807, 2.05) is 26.0 Å². The minimum atomic E-state index is -0.0760. The molecular weight excluding hydrogens is 270 g/mol. The van der Waals surface area contributed by atoms with Gasteiger partial charge in [-0.25, -0.2) is 0 Å². The Morgan fingerprint density at radius 2 is 2.25 bits per heavy atom. The highest BCUT2D eigenvalue weighted by Crippen LogP contribution is 2.11. The molecule has 108 valence electrons. The smallest absolute Gasteiger partial charge is 0.251 e. The second-order valence-electron chi connectivity index (χ2n) is 4.49. The van der Waals surface area contributed by atoms with Crippen molar-refractivity contribution in [3.8, 4) is 0 Å². The maximum Gasteiger partial charge on any atom is 0.251 e. The zero-order chi connectivity index (χ0) is 15.0. The average Bonchev–Trinajstić information content (AvgIpc) is 2.45. The fourth-order valence-electron chi connectivity index (χ4n) is 1.49. The summed E-state index contributed by atoms with van der Waals surface area (Å²) < 4.78 is 0. The number of carbonyl (C=O) groups excluding carboxylic acids is 1. The van der Waals surface area contributed by atoms with Gasteiger partial charge in [-0.1, -0.05) is 19.1 Å². The largest absolute Gasteiger partial charge is 0.359 e. The van der Waals surface area contributed by atoms with Crippen molar-refractivity contribution in [2.75, 3.05) is 11.9 Å². The summed E-state index contributed by atoms with van der Waals surface area (Å²) in [6.45, 7) is 8.22. The third kappa shape index (κ3) is 5.40. The van der Waals surface area contributed by atoms with Gasteiger partial charge >= 0.3 is 0 Å². The Morgan fingerprint density at radius 1 is 1.50 bits per heavy atom. The van der Waals surface area contributed by atoms with Gasteiger partial charge in [0.25, 0.3) is 5.91 Å². The van der Waals surface area contributed by atoms with Gasteiger partial charge in [0.05, 0.1) is 0 Å². The van der Waals surface area contributed by atoms with Gasteiger partial charge in [-0.15, -0.1) is 6.58 Å². The molecule has 0 saturated heterocycles. The first-order chi connectivity index (χ1) is 9.56. The van der Waals surface area contributed by atoms with Crippen molar-refractivity contribution in [1.29, 1.82) is 0 Å². The van der Waals surface area contributed by atoms with Gasteiger partial charge in [-0.05, 0) is 43.8 Å². The number of rotatable bonds is 6. The van der Waals surface area contributed by atoms with Gasteiger partial charge < -0.3 is 16.0 Å². The maximum atomic E-state index is 12.0. The molecule has 0 fully saturated rings. The highest BCUT2D eigenvalue weighted by atomic mass is 32.1. The Hall–Kier alpha value is -1.88. The summed E-state index contributed by atoms with van der Waals surface area (Å²) >= 11 is 5.13. The molecule has 1 rings (SSSR count). The van der Waals surface area contributed by atoms with Crippen LogP contribution < -0.4 is 16.0 Å². The van der Waals surface area contributed by atoms with E-state index in [9.17, 15) is 4.79 Å². The van der Waals surface area contributed by atoms with Crippen LogP contribution in [0.15, 0.2) is 36.9 Å². The van der Waals surface area contributed by atoms with Crippen LogP contribution in [0.2, 0.25) is 0 Å². The van der Waals surface area contributed by atoms with Crippen molar-refractivity contribution in [3.05, 3.63) is 42.5 Å². The van der Waals surface area contributed by atoms with E-state index in [1.165, 1.54) is 0 Å². The van der Waals surface area contributed by atoms with Crippen molar-refractivity contribution >= 4 is 28.9 Å². The third-order valence-electron chi connectivity index (χ3n) is 2.78. The minimum absolute atomic E-state index is 0.0760. The predicted octanol–water partition coefficient (Wildman–Crippen LogP) is 2.69. The zero-order valence-corrected chi connectivity index (χ0v) is 12.7. The predicted molar refractivity (Wildman–Crippen MR) is 88.1 cm³/mol. The molecule has 1 aromatic carbocycles. The standard InChI is InChI=1S/C15H21N3OS/c1-4-9-16-15(20)18-13-8-6-7-12(10-13)14(19)17-11(3)5-2/h4,6-8,10-11H,1,5,9H2,2-3H3,(H,17,19)(H2,16,18,20). The second kappa shape index (κ2) is 8.32. The first-order valence-electron chi connectivity index (χ1n) is 6.63. The normalized spacial score (nSPS) is 11.3. The summed E-state index contributed by atoms with van der Waals surface area (Å²) in [5, 5.41) is 9.44. The molecule has 0 aliphatic heterocycles. The third-order valence-corrected chi connectivity index (χ3v) is 3.03. The van der Waals surface area contributed by atoms with E-state index in [1.54, 1.807) is 18.2 Å². The molecular formula is C15H21N3OS. The molecule has 0 bridgehead atoms. The number of nitrogens with one attached hydrogen (secondary N) is 3. The van der Waals surface area contributed by atoms with E-state index in [4.69, 9.17) is 12.2 Å². The lowest BCUT2D eigenvalue weighted by atomic mass is 10.1.